The number of aromatic nitrogens is 2. The van der Waals surface area contributed by atoms with E-state index in [1.807, 2.05) is 12.1 Å². The van der Waals surface area contributed by atoms with Crippen molar-refractivity contribution in [3.8, 4) is 0 Å². The maximum atomic E-state index is 11.9. The van der Waals surface area contributed by atoms with Crippen LogP contribution >= 0.6 is 0 Å². The average molecular weight is 290 g/mol. The van der Waals surface area contributed by atoms with Crippen LogP contribution in [0, 0.1) is 16.0 Å². The monoisotopic (exact) mass is 290 g/mol. The number of hydrogen-bond donors (Lipinski definition) is 2. The number of rotatable bonds is 5. The van der Waals surface area contributed by atoms with E-state index in [0.29, 0.717) is 17.6 Å². The second kappa shape index (κ2) is 5.04. The number of furan rings is 1. The Hall–Kier alpha value is -2.64. The summed E-state index contributed by atoms with van der Waals surface area (Å²) in [5.41, 5.74) is -0.512. The number of aromatic amines is 1. The van der Waals surface area contributed by atoms with Crippen molar-refractivity contribution in [2.45, 2.75) is 25.8 Å². The van der Waals surface area contributed by atoms with Crippen LogP contribution in [0.25, 0.3) is 0 Å². The summed E-state index contributed by atoms with van der Waals surface area (Å²) in [4.78, 5) is 22.0. The standard InChI is InChI=1S/C13H14N4O4/c1-7-4-9(7)11-3-2-8(21-11)5-14-13(18)12-10(17(19)20)6-15-16-12/h2-3,6-7,9H,4-5H2,1H3,(H,14,18)(H,15,16)/t7-,9-/m0/s1. The summed E-state index contributed by atoms with van der Waals surface area (Å²) in [5.74, 6) is 2.09. The van der Waals surface area contributed by atoms with Crippen LogP contribution < -0.4 is 5.32 Å². The number of nitro groups is 1. The van der Waals surface area contributed by atoms with E-state index >= 15 is 0 Å². The van der Waals surface area contributed by atoms with Gasteiger partial charge < -0.3 is 9.73 Å². The Morgan fingerprint density at radius 3 is 3.05 bits per heavy atom. The molecular weight excluding hydrogens is 276 g/mol. The molecule has 0 aliphatic heterocycles. The highest BCUT2D eigenvalue weighted by Gasteiger charge is 2.36. The van der Waals surface area contributed by atoms with Crippen molar-refractivity contribution in [2.24, 2.45) is 5.92 Å². The molecule has 1 amide bonds. The van der Waals surface area contributed by atoms with Crippen molar-refractivity contribution in [3.05, 3.63) is 45.7 Å². The van der Waals surface area contributed by atoms with Gasteiger partial charge in [-0.1, -0.05) is 6.92 Å². The highest BCUT2D eigenvalue weighted by atomic mass is 16.6. The highest BCUT2D eigenvalue weighted by Crippen LogP contribution is 2.47. The first-order valence-electron chi connectivity index (χ1n) is 6.61. The third-order valence-corrected chi connectivity index (χ3v) is 3.62. The van der Waals surface area contributed by atoms with E-state index in [1.165, 1.54) is 0 Å². The van der Waals surface area contributed by atoms with Gasteiger partial charge in [-0.05, 0) is 24.5 Å². The first-order valence-corrected chi connectivity index (χ1v) is 6.61. The van der Waals surface area contributed by atoms with Gasteiger partial charge in [0, 0.05) is 5.92 Å². The number of carbonyl (C=O) groups excluding carboxylic acids is 1. The number of nitrogens with one attached hydrogen (secondary N) is 2. The minimum absolute atomic E-state index is 0.164. The van der Waals surface area contributed by atoms with Crippen molar-refractivity contribution < 1.29 is 14.1 Å². The zero-order valence-corrected chi connectivity index (χ0v) is 11.3. The topological polar surface area (TPSA) is 114 Å². The average Bonchev–Trinajstić information content (AvgIpc) is 2.90. The van der Waals surface area contributed by atoms with Crippen molar-refractivity contribution in [2.75, 3.05) is 0 Å². The Balaban J connectivity index is 1.62. The maximum Gasteiger partial charge on any atom is 0.319 e. The van der Waals surface area contributed by atoms with Crippen LogP contribution in [0.3, 0.4) is 0 Å². The van der Waals surface area contributed by atoms with Crippen molar-refractivity contribution in [1.29, 1.82) is 0 Å². The summed E-state index contributed by atoms with van der Waals surface area (Å²) in [6.45, 7) is 2.34. The van der Waals surface area contributed by atoms with Crippen molar-refractivity contribution >= 4 is 11.6 Å². The number of hydrogen-bond acceptors (Lipinski definition) is 5. The van der Waals surface area contributed by atoms with E-state index in [-0.39, 0.29) is 17.9 Å². The number of H-pyrrole nitrogens is 1. The van der Waals surface area contributed by atoms with E-state index in [9.17, 15) is 14.9 Å². The van der Waals surface area contributed by atoms with E-state index in [0.717, 1.165) is 18.4 Å². The van der Waals surface area contributed by atoms with Crippen molar-refractivity contribution in [3.63, 3.8) is 0 Å². The van der Waals surface area contributed by atoms with Gasteiger partial charge in [-0.25, -0.2) is 0 Å². The van der Waals surface area contributed by atoms with Gasteiger partial charge in [0.15, 0.2) is 0 Å². The van der Waals surface area contributed by atoms with Crippen LogP contribution in [-0.4, -0.2) is 21.0 Å². The summed E-state index contributed by atoms with van der Waals surface area (Å²) in [7, 11) is 0. The van der Waals surface area contributed by atoms with E-state index in [4.69, 9.17) is 4.42 Å². The summed E-state index contributed by atoms with van der Waals surface area (Å²) in [5, 5.41) is 19.1. The van der Waals surface area contributed by atoms with Crippen LogP contribution in [0.2, 0.25) is 0 Å². The Kier molecular flexibility index (Phi) is 3.20. The molecule has 1 fully saturated rings. The molecule has 1 saturated carbocycles. The van der Waals surface area contributed by atoms with Crippen molar-refractivity contribution in [1.82, 2.24) is 15.5 Å². The van der Waals surface area contributed by atoms with E-state index < -0.39 is 10.8 Å². The predicted octanol–water partition coefficient (Wildman–Crippen LogP) is 1.96. The molecule has 0 unspecified atom stereocenters. The van der Waals surface area contributed by atoms with Gasteiger partial charge in [0.25, 0.3) is 5.91 Å². The molecule has 21 heavy (non-hydrogen) atoms. The lowest BCUT2D eigenvalue weighted by atomic mass is 10.3. The number of amides is 1. The molecule has 2 N–H and O–H groups in total. The highest BCUT2D eigenvalue weighted by molar-refractivity contribution is 5.95. The van der Waals surface area contributed by atoms with Crippen LogP contribution in [0.4, 0.5) is 5.69 Å². The minimum atomic E-state index is -0.655. The molecule has 8 nitrogen and oxygen atoms in total. The Morgan fingerprint density at radius 2 is 2.38 bits per heavy atom. The van der Waals surface area contributed by atoms with Gasteiger partial charge >= 0.3 is 5.69 Å². The largest absolute Gasteiger partial charge is 0.464 e. The summed E-state index contributed by atoms with van der Waals surface area (Å²) < 4.78 is 5.65. The Labute approximate surface area is 119 Å². The Morgan fingerprint density at radius 1 is 1.62 bits per heavy atom. The van der Waals surface area contributed by atoms with Gasteiger partial charge in [0.1, 0.15) is 17.7 Å². The molecule has 110 valence electrons. The lowest BCUT2D eigenvalue weighted by Crippen LogP contribution is -2.23. The van der Waals surface area contributed by atoms with Crippen LogP contribution in [0.5, 0.6) is 0 Å². The quantitative estimate of drug-likeness (QED) is 0.645. The summed E-state index contributed by atoms with van der Waals surface area (Å²) in [6.07, 6.45) is 2.13. The smallest absolute Gasteiger partial charge is 0.319 e. The summed E-state index contributed by atoms with van der Waals surface area (Å²) >= 11 is 0. The molecule has 0 aromatic carbocycles. The third-order valence-electron chi connectivity index (χ3n) is 3.62. The molecule has 2 aromatic rings. The zero-order chi connectivity index (χ0) is 15.0. The lowest BCUT2D eigenvalue weighted by Gasteiger charge is -2.01. The van der Waals surface area contributed by atoms with Gasteiger partial charge in [-0.2, -0.15) is 5.10 Å². The molecule has 0 spiro atoms. The fourth-order valence-corrected chi connectivity index (χ4v) is 2.25. The second-order valence-corrected chi connectivity index (χ2v) is 5.19. The third kappa shape index (κ3) is 2.64. The fourth-order valence-electron chi connectivity index (χ4n) is 2.25. The fraction of sp³-hybridized carbons (Fsp3) is 0.385. The molecule has 0 saturated heterocycles. The molecule has 2 atom stereocenters. The van der Waals surface area contributed by atoms with E-state index in [1.54, 1.807) is 0 Å². The predicted molar refractivity (Wildman–Crippen MR) is 71.6 cm³/mol. The Bertz CT molecular complexity index is 690. The van der Waals surface area contributed by atoms with Crippen LogP contribution in [0.15, 0.2) is 22.7 Å². The normalized spacial score (nSPS) is 20.2. The maximum absolute atomic E-state index is 11.9. The first kappa shape index (κ1) is 13.3. The van der Waals surface area contributed by atoms with Crippen LogP contribution in [-0.2, 0) is 6.54 Å². The molecular formula is C13H14N4O4. The molecule has 3 rings (SSSR count). The summed E-state index contributed by atoms with van der Waals surface area (Å²) in [6, 6.07) is 3.72. The molecule has 8 heteroatoms. The molecule has 1 aliphatic carbocycles. The minimum Gasteiger partial charge on any atom is -0.464 e. The molecule has 0 bridgehead atoms. The van der Waals surface area contributed by atoms with Crippen LogP contribution in [0.1, 0.15) is 41.3 Å². The first-order chi connectivity index (χ1) is 10.1. The van der Waals surface area contributed by atoms with Gasteiger partial charge in [0.05, 0.1) is 11.5 Å². The molecule has 2 heterocycles. The molecule has 1 aliphatic rings. The number of carbonyl (C=O) groups is 1. The number of nitrogens with zero attached hydrogens (tertiary/aromatic N) is 2. The zero-order valence-electron chi connectivity index (χ0n) is 11.3. The SMILES string of the molecule is C[C@H]1C[C@@H]1c1ccc(CNC(=O)c2[nH]ncc2[N+](=O)[O-])o1. The van der Waals surface area contributed by atoms with E-state index in [2.05, 4.69) is 22.4 Å². The second-order valence-electron chi connectivity index (χ2n) is 5.19. The van der Waals surface area contributed by atoms with Gasteiger partial charge in [0.2, 0.25) is 5.69 Å². The molecule has 2 aromatic heterocycles. The molecule has 0 radical (unpaired) electrons. The van der Waals surface area contributed by atoms with Gasteiger partial charge in [-0.3, -0.25) is 20.0 Å². The van der Waals surface area contributed by atoms with Gasteiger partial charge in [-0.15, -0.1) is 0 Å². The lowest BCUT2D eigenvalue weighted by molar-refractivity contribution is -0.385.